The monoisotopic (exact) mass is 509 g/mol. The second kappa shape index (κ2) is 10.6. The quantitative estimate of drug-likeness (QED) is 0.326. The van der Waals surface area contributed by atoms with Crippen LogP contribution in [-0.4, -0.2) is 44.7 Å². The highest BCUT2D eigenvalue weighted by atomic mass is 16.5. The van der Waals surface area contributed by atoms with E-state index in [2.05, 4.69) is 32.4 Å². The van der Waals surface area contributed by atoms with E-state index in [4.69, 9.17) is 15.6 Å². The van der Waals surface area contributed by atoms with Crippen molar-refractivity contribution in [2.45, 2.75) is 38.4 Å². The Morgan fingerprint density at radius 3 is 2.63 bits per heavy atom. The number of amides is 2. The molecule has 10 heteroatoms. The van der Waals surface area contributed by atoms with Crippen LogP contribution in [-0.2, 0) is 11.3 Å². The van der Waals surface area contributed by atoms with Crippen molar-refractivity contribution >= 4 is 28.7 Å². The number of fused-ring (bicyclic) bond motifs is 1. The molecule has 4 N–H and O–H groups in total. The third-order valence-corrected chi connectivity index (χ3v) is 6.58. The van der Waals surface area contributed by atoms with Gasteiger partial charge >= 0.3 is 0 Å². The molecule has 1 saturated carbocycles. The average molecular weight is 510 g/mol. The van der Waals surface area contributed by atoms with E-state index < -0.39 is 0 Å². The lowest BCUT2D eigenvalue weighted by Crippen LogP contribution is -2.44. The van der Waals surface area contributed by atoms with Gasteiger partial charge in [-0.2, -0.15) is 5.10 Å². The number of hydrogen-bond acceptors (Lipinski definition) is 7. The Balaban J connectivity index is 1.33. The first-order valence-corrected chi connectivity index (χ1v) is 12.2. The van der Waals surface area contributed by atoms with E-state index >= 15 is 0 Å². The van der Waals surface area contributed by atoms with Crippen molar-refractivity contribution < 1.29 is 14.3 Å². The zero-order valence-corrected chi connectivity index (χ0v) is 21.1. The molecule has 0 aliphatic heterocycles. The van der Waals surface area contributed by atoms with Gasteiger partial charge in [0.15, 0.2) is 5.65 Å². The number of aromatic nitrogens is 4. The molecule has 4 aromatic rings. The first kappa shape index (κ1) is 24.8. The minimum absolute atomic E-state index is 0.0422. The molecule has 0 spiro atoms. The highest BCUT2D eigenvalue weighted by Gasteiger charge is 2.34. The summed E-state index contributed by atoms with van der Waals surface area (Å²) in [6.45, 7) is 1.99. The number of nitrogens with zero attached hydrogens (tertiary/aromatic N) is 4. The molecule has 1 fully saturated rings. The number of nitrogens with two attached hydrogens (primary N) is 1. The number of hydrogen-bond donors (Lipinski definition) is 3. The number of nitrogen functional groups attached to an aromatic ring is 1. The third-order valence-electron chi connectivity index (χ3n) is 6.58. The van der Waals surface area contributed by atoms with Crippen molar-refractivity contribution in [2.24, 2.45) is 0 Å². The number of carbonyl (C=O) groups excluding carboxylic acids is 2. The summed E-state index contributed by atoms with van der Waals surface area (Å²) < 4.78 is 7.15. The number of methoxy groups -OCH3 is 1. The SMILES string of the molecule is CC#CC(=O)N[C@H]1C[C@@H](n2nc(-c3ccc(CNC(=O)c4ccccc4OC)cc3)c3c(N)ncnc32)C1. The standard InChI is InChI=1S/C28H27N7O3/c1-3-6-23(36)33-19-13-20(14-19)35-27-24(26(29)31-16-32-27)25(34-35)18-11-9-17(10-12-18)15-30-28(37)21-7-4-5-8-22(21)38-2/h4-5,7-12,16,19-20H,13-15H2,1-2H3,(H,30,37)(H,33,36)(H2,29,31,32)/t19-,20+. The van der Waals surface area contributed by atoms with E-state index in [1.54, 1.807) is 25.1 Å². The van der Waals surface area contributed by atoms with Crippen molar-refractivity contribution in [3.05, 3.63) is 66.0 Å². The molecule has 192 valence electrons. The zero-order valence-electron chi connectivity index (χ0n) is 21.1. The molecular weight excluding hydrogens is 482 g/mol. The molecular formula is C28H27N7O3. The minimum Gasteiger partial charge on any atom is -0.496 e. The summed E-state index contributed by atoms with van der Waals surface area (Å²) in [6, 6.07) is 15.0. The van der Waals surface area contributed by atoms with Crippen molar-refractivity contribution in [1.82, 2.24) is 30.4 Å². The Morgan fingerprint density at radius 1 is 1.13 bits per heavy atom. The van der Waals surface area contributed by atoms with Crippen molar-refractivity contribution in [3.63, 3.8) is 0 Å². The summed E-state index contributed by atoms with van der Waals surface area (Å²) in [7, 11) is 1.54. The average Bonchev–Trinajstić information content (AvgIpc) is 3.30. The highest BCUT2D eigenvalue weighted by Crippen LogP contribution is 2.38. The van der Waals surface area contributed by atoms with Crippen LogP contribution in [0.3, 0.4) is 0 Å². The van der Waals surface area contributed by atoms with Crippen LogP contribution in [0.2, 0.25) is 0 Å². The topological polar surface area (TPSA) is 137 Å². The molecule has 0 bridgehead atoms. The van der Waals surface area contributed by atoms with Gasteiger partial charge in [-0.3, -0.25) is 9.59 Å². The van der Waals surface area contributed by atoms with Gasteiger partial charge in [0.1, 0.15) is 23.6 Å². The van der Waals surface area contributed by atoms with Gasteiger partial charge in [-0.1, -0.05) is 42.3 Å². The zero-order chi connectivity index (χ0) is 26.6. The fourth-order valence-corrected chi connectivity index (χ4v) is 4.58. The number of para-hydroxylation sites is 1. The maximum absolute atomic E-state index is 12.6. The largest absolute Gasteiger partial charge is 0.496 e. The summed E-state index contributed by atoms with van der Waals surface area (Å²) >= 11 is 0. The lowest BCUT2D eigenvalue weighted by atomic mass is 9.87. The van der Waals surface area contributed by atoms with Gasteiger partial charge in [-0.15, -0.1) is 0 Å². The van der Waals surface area contributed by atoms with Gasteiger partial charge in [-0.05, 0) is 43.4 Å². The molecule has 5 rings (SSSR count). The molecule has 0 atom stereocenters. The van der Waals surface area contributed by atoms with Crippen LogP contribution in [0.5, 0.6) is 5.75 Å². The number of carbonyl (C=O) groups is 2. The van der Waals surface area contributed by atoms with Crippen LogP contribution >= 0.6 is 0 Å². The van der Waals surface area contributed by atoms with Crippen molar-refractivity contribution in [3.8, 4) is 28.8 Å². The summed E-state index contributed by atoms with van der Waals surface area (Å²) in [5, 5.41) is 11.4. The second-order valence-corrected chi connectivity index (χ2v) is 9.00. The normalized spacial score (nSPS) is 16.2. The third kappa shape index (κ3) is 4.86. The van der Waals surface area contributed by atoms with Crippen LogP contribution in [0.4, 0.5) is 5.82 Å². The number of benzene rings is 2. The number of nitrogens with one attached hydrogen (secondary N) is 2. The summed E-state index contributed by atoms with van der Waals surface area (Å²) in [6.07, 6.45) is 2.88. The first-order valence-electron chi connectivity index (χ1n) is 12.2. The molecule has 2 aromatic carbocycles. The van der Waals surface area contributed by atoms with Gasteiger partial charge < -0.3 is 21.1 Å². The molecule has 0 saturated heterocycles. The maximum atomic E-state index is 12.6. The fourth-order valence-electron chi connectivity index (χ4n) is 4.58. The predicted molar refractivity (Wildman–Crippen MR) is 143 cm³/mol. The van der Waals surface area contributed by atoms with Gasteiger partial charge in [0.25, 0.3) is 11.8 Å². The van der Waals surface area contributed by atoms with Gasteiger partial charge in [0.05, 0.1) is 24.1 Å². The van der Waals surface area contributed by atoms with Crippen LogP contribution in [0.25, 0.3) is 22.3 Å². The van der Waals surface area contributed by atoms with Crippen LogP contribution in [0, 0.1) is 11.8 Å². The minimum atomic E-state index is -0.271. The molecule has 2 aromatic heterocycles. The van der Waals surface area contributed by atoms with Crippen molar-refractivity contribution in [1.29, 1.82) is 0 Å². The maximum Gasteiger partial charge on any atom is 0.296 e. The lowest BCUT2D eigenvalue weighted by molar-refractivity contribution is -0.117. The molecule has 2 amide bonds. The Bertz CT molecular complexity index is 1560. The van der Waals surface area contributed by atoms with E-state index in [0.29, 0.717) is 40.4 Å². The molecule has 2 heterocycles. The lowest BCUT2D eigenvalue weighted by Gasteiger charge is -2.35. The molecule has 10 nitrogen and oxygen atoms in total. The van der Waals surface area contributed by atoms with Crippen LogP contribution < -0.4 is 21.1 Å². The Hall–Kier alpha value is -4.91. The number of anilines is 1. The van der Waals surface area contributed by atoms with Gasteiger partial charge in [-0.25, -0.2) is 14.6 Å². The summed E-state index contributed by atoms with van der Waals surface area (Å²) in [5.41, 5.74) is 9.86. The van der Waals surface area contributed by atoms with Crippen LogP contribution in [0.15, 0.2) is 54.9 Å². The van der Waals surface area contributed by atoms with E-state index in [-0.39, 0.29) is 23.9 Å². The Kier molecular flexibility index (Phi) is 6.91. The first-order chi connectivity index (χ1) is 18.5. The molecule has 38 heavy (non-hydrogen) atoms. The smallest absolute Gasteiger partial charge is 0.296 e. The predicted octanol–water partition coefficient (Wildman–Crippen LogP) is 2.86. The molecule has 1 aliphatic rings. The second-order valence-electron chi connectivity index (χ2n) is 9.00. The van der Waals surface area contributed by atoms with Crippen molar-refractivity contribution in [2.75, 3.05) is 12.8 Å². The summed E-state index contributed by atoms with van der Waals surface area (Å²) in [4.78, 5) is 33.0. The van der Waals surface area contributed by atoms with E-state index in [0.717, 1.165) is 24.0 Å². The molecule has 1 aliphatic carbocycles. The Morgan fingerprint density at radius 2 is 1.89 bits per heavy atom. The number of ether oxygens (including phenoxy) is 1. The van der Waals surface area contributed by atoms with Gasteiger partial charge in [0.2, 0.25) is 0 Å². The van der Waals surface area contributed by atoms with Gasteiger partial charge in [0, 0.05) is 18.2 Å². The molecule has 0 unspecified atom stereocenters. The van der Waals surface area contributed by atoms with E-state index in [9.17, 15) is 9.59 Å². The highest BCUT2D eigenvalue weighted by molar-refractivity contribution is 5.98. The van der Waals surface area contributed by atoms with E-state index in [1.807, 2.05) is 35.0 Å². The fraction of sp³-hybridized carbons (Fsp3) is 0.250. The van der Waals surface area contributed by atoms with Crippen LogP contribution in [0.1, 0.15) is 41.7 Å². The number of rotatable bonds is 7. The Labute approximate surface area is 219 Å². The molecule has 0 radical (unpaired) electrons. The van der Waals surface area contributed by atoms with E-state index in [1.165, 1.54) is 13.4 Å². The summed E-state index contributed by atoms with van der Waals surface area (Å²) in [5.74, 6) is 5.51.